The third-order valence-corrected chi connectivity index (χ3v) is 2.84. The zero-order valence-electron chi connectivity index (χ0n) is 13.5. The van der Waals surface area contributed by atoms with Crippen LogP contribution in [0.3, 0.4) is 0 Å². The van der Waals surface area contributed by atoms with Crippen molar-refractivity contribution in [2.45, 2.75) is 0 Å². The van der Waals surface area contributed by atoms with Crippen LogP contribution in [0.5, 0.6) is 0 Å². The van der Waals surface area contributed by atoms with Crippen molar-refractivity contribution in [2.24, 2.45) is 0 Å². The van der Waals surface area contributed by atoms with Gasteiger partial charge in [0.2, 0.25) is 0 Å². The monoisotopic (exact) mass is 298 g/mol. The Hall–Kier alpha value is -2.62. The number of hydrogen-bond acceptors (Lipinski definition) is 2. The van der Waals surface area contributed by atoms with Gasteiger partial charge in [-0.25, -0.2) is 4.79 Å². The highest BCUT2D eigenvalue weighted by atomic mass is 16.2. The van der Waals surface area contributed by atoms with E-state index in [1.54, 1.807) is 28.2 Å². The summed E-state index contributed by atoms with van der Waals surface area (Å²) < 4.78 is 0. The van der Waals surface area contributed by atoms with Crippen molar-refractivity contribution in [1.29, 1.82) is 0 Å². The molecular weight excluding hydrogens is 276 g/mol. The van der Waals surface area contributed by atoms with E-state index in [0.717, 1.165) is 11.1 Å². The molecule has 0 radical (unpaired) electrons. The van der Waals surface area contributed by atoms with Gasteiger partial charge in [0.25, 0.3) is 0 Å². The minimum Gasteiger partial charge on any atom is -0.331 e. The second-order valence-corrected chi connectivity index (χ2v) is 5.13. The van der Waals surface area contributed by atoms with Gasteiger partial charge in [0.15, 0.2) is 5.78 Å². The summed E-state index contributed by atoms with van der Waals surface area (Å²) >= 11 is 0. The van der Waals surface area contributed by atoms with Gasteiger partial charge in [0.05, 0.1) is 0 Å². The lowest BCUT2D eigenvalue weighted by atomic mass is 10.0. The number of nitrogens with zero attached hydrogens (tertiary/aromatic N) is 2. The molecule has 0 saturated carbocycles. The first-order valence-corrected chi connectivity index (χ1v) is 6.97. The van der Waals surface area contributed by atoms with Gasteiger partial charge in [-0.3, -0.25) is 4.79 Å². The number of benzene rings is 2. The minimum absolute atomic E-state index is 0.0185. The molecule has 0 N–H and O–H groups in total. The molecule has 22 heavy (non-hydrogen) atoms. The third-order valence-electron chi connectivity index (χ3n) is 2.84. The Bertz CT molecular complexity index is 541. The predicted octanol–water partition coefficient (Wildman–Crippen LogP) is 3.15. The molecule has 0 saturated heterocycles. The second-order valence-electron chi connectivity index (χ2n) is 5.13. The Labute approximate surface area is 132 Å². The van der Waals surface area contributed by atoms with Gasteiger partial charge < -0.3 is 9.80 Å². The lowest BCUT2D eigenvalue weighted by molar-refractivity contribution is 0.103. The summed E-state index contributed by atoms with van der Waals surface area (Å²) in [5.41, 5.74) is 1.47. The highest BCUT2D eigenvalue weighted by Gasteiger charge is 2.06. The molecule has 4 nitrogen and oxygen atoms in total. The van der Waals surface area contributed by atoms with Crippen molar-refractivity contribution in [2.75, 3.05) is 28.2 Å². The van der Waals surface area contributed by atoms with Crippen LogP contribution < -0.4 is 0 Å². The van der Waals surface area contributed by atoms with Crippen LogP contribution in [0, 0.1) is 0 Å². The highest BCUT2D eigenvalue weighted by Crippen LogP contribution is 2.08. The highest BCUT2D eigenvalue weighted by molar-refractivity contribution is 6.08. The number of carbonyl (C=O) groups is 2. The van der Waals surface area contributed by atoms with Gasteiger partial charge >= 0.3 is 6.03 Å². The van der Waals surface area contributed by atoms with Crippen LogP contribution in [0.4, 0.5) is 4.79 Å². The molecule has 0 bridgehead atoms. The van der Waals surface area contributed by atoms with Crippen molar-refractivity contribution in [3.05, 3.63) is 71.8 Å². The standard InChI is InChI=1S/C13H10O.C5H12N2O/c14-13(11-7-3-1-4-8-11)12-9-5-2-6-10-12;1-6(2)5(8)7(3)4/h1-10H;1-4H3. The first-order valence-electron chi connectivity index (χ1n) is 6.97. The summed E-state index contributed by atoms with van der Waals surface area (Å²) in [6.07, 6.45) is 0. The average Bonchev–Trinajstić information content (AvgIpc) is 2.55. The number of hydrogen-bond donors (Lipinski definition) is 0. The van der Waals surface area contributed by atoms with Crippen LogP contribution in [-0.2, 0) is 0 Å². The Morgan fingerprint density at radius 1 is 0.636 bits per heavy atom. The molecule has 0 fully saturated rings. The molecule has 2 amide bonds. The molecule has 0 aliphatic carbocycles. The van der Waals surface area contributed by atoms with Crippen molar-refractivity contribution < 1.29 is 9.59 Å². The maximum Gasteiger partial charge on any atom is 0.318 e. The lowest BCUT2D eigenvalue weighted by Crippen LogP contribution is -2.33. The van der Waals surface area contributed by atoms with Gasteiger partial charge in [0.1, 0.15) is 0 Å². The first-order chi connectivity index (χ1) is 10.4. The van der Waals surface area contributed by atoms with Gasteiger partial charge in [0, 0.05) is 39.3 Å². The zero-order valence-corrected chi connectivity index (χ0v) is 13.5. The van der Waals surface area contributed by atoms with E-state index in [1.807, 2.05) is 60.7 Å². The smallest absolute Gasteiger partial charge is 0.318 e. The van der Waals surface area contributed by atoms with Crippen molar-refractivity contribution in [3.63, 3.8) is 0 Å². The summed E-state index contributed by atoms with van der Waals surface area (Å²) in [6.45, 7) is 0. The van der Waals surface area contributed by atoms with Crippen LogP contribution in [0.2, 0.25) is 0 Å². The van der Waals surface area contributed by atoms with E-state index in [9.17, 15) is 9.59 Å². The summed E-state index contributed by atoms with van der Waals surface area (Å²) in [5.74, 6) is 0.0752. The number of amides is 2. The number of rotatable bonds is 2. The molecule has 2 rings (SSSR count). The molecule has 2 aromatic rings. The summed E-state index contributed by atoms with van der Waals surface area (Å²) in [7, 11) is 6.90. The molecule has 0 aromatic heterocycles. The third kappa shape index (κ3) is 5.40. The van der Waals surface area contributed by atoms with E-state index in [4.69, 9.17) is 0 Å². The fraction of sp³-hybridized carbons (Fsp3) is 0.222. The normalized spacial score (nSPS) is 9.27. The Kier molecular flexibility index (Phi) is 6.83. The molecule has 116 valence electrons. The van der Waals surface area contributed by atoms with Crippen LogP contribution in [0.25, 0.3) is 0 Å². The summed E-state index contributed by atoms with van der Waals surface area (Å²) in [4.78, 5) is 25.6. The zero-order chi connectivity index (χ0) is 16.5. The number of carbonyl (C=O) groups excluding carboxylic acids is 2. The maximum absolute atomic E-state index is 11.8. The number of urea groups is 1. The Balaban J connectivity index is 0.000000261. The topological polar surface area (TPSA) is 40.6 Å². The van der Waals surface area contributed by atoms with Crippen LogP contribution in [-0.4, -0.2) is 49.8 Å². The number of ketones is 1. The van der Waals surface area contributed by atoms with Crippen molar-refractivity contribution >= 4 is 11.8 Å². The Morgan fingerprint density at radius 3 is 1.18 bits per heavy atom. The largest absolute Gasteiger partial charge is 0.331 e. The van der Waals surface area contributed by atoms with Gasteiger partial charge in [-0.1, -0.05) is 60.7 Å². The van der Waals surface area contributed by atoms with Crippen molar-refractivity contribution in [1.82, 2.24) is 9.80 Å². The SMILES string of the molecule is CN(C)C(=O)N(C)C.O=C(c1ccccc1)c1ccccc1. The lowest BCUT2D eigenvalue weighted by Gasteiger charge is -2.16. The summed E-state index contributed by atoms with van der Waals surface area (Å²) in [5, 5.41) is 0. The molecule has 0 unspecified atom stereocenters. The van der Waals surface area contributed by atoms with E-state index in [1.165, 1.54) is 9.80 Å². The minimum atomic E-state index is 0.0185. The molecule has 0 heterocycles. The van der Waals surface area contributed by atoms with E-state index >= 15 is 0 Å². The average molecular weight is 298 g/mol. The molecule has 0 aliphatic heterocycles. The maximum atomic E-state index is 11.8. The van der Waals surface area contributed by atoms with Crippen LogP contribution in [0.1, 0.15) is 15.9 Å². The van der Waals surface area contributed by atoms with Crippen molar-refractivity contribution in [3.8, 4) is 0 Å². The Morgan fingerprint density at radius 2 is 0.955 bits per heavy atom. The summed E-state index contributed by atoms with van der Waals surface area (Å²) in [6, 6.07) is 18.6. The molecule has 2 aromatic carbocycles. The van der Waals surface area contributed by atoms with E-state index in [-0.39, 0.29) is 11.8 Å². The van der Waals surface area contributed by atoms with E-state index < -0.39 is 0 Å². The molecule has 0 aliphatic rings. The molecular formula is C18H22N2O2. The first kappa shape index (κ1) is 17.4. The quantitative estimate of drug-likeness (QED) is 0.799. The van der Waals surface area contributed by atoms with Crippen LogP contribution in [0.15, 0.2) is 60.7 Å². The van der Waals surface area contributed by atoms with Gasteiger partial charge in [-0.2, -0.15) is 0 Å². The predicted molar refractivity (Wildman–Crippen MR) is 89.1 cm³/mol. The fourth-order valence-corrected chi connectivity index (χ4v) is 1.75. The van der Waals surface area contributed by atoms with E-state index in [0.29, 0.717) is 0 Å². The fourth-order valence-electron chi connectivity index (χ4n) is 1.75. The van der Waals surface area contributed by atoms with E-state index in [2.05, 4.69) is 0 Å². The molecule has 0 spiro atoms. The van der Waals surface area contributed by atoms with Gasteiger partial charge in [-0.05, 0) is 0 Å². The van der Waals surface area contributed by atoms with Gasteiger partial charge in [-0.15, -0.1) is 0 Å². The molecule has 0 atom stereocenters. The molecule has 4 heteroatoms. The van der Waals surface area contributed by atoms with Crippen LogP contribution >= 0.6 is 0 Å². The second kappa shape index (κ2) is 8.62.